The van der Waals surface area contributed by atoms with E-state index in [0.29, 0.717) is 0 Å². The van der Waals surface area contributed by atoms with Crippen LogP contribution in [0.1, 0.15) is 5.56 Å². The van der Waals surface area contributed by atoms with Gasteiger partial charge in [0.25, 0.3) is 0 Å². The number of benzene rings is 1. The third kappa shape index (κ3) is 2.77. The van der Waals surface area contributed by atoms with Gasteiger partial charge in [-0.3, -0.25) is 0 Å². The van der Waals surface area contributed by atoms with Crippen molar-refractivity contribution in [3.8, 4) is 0 Å². The van der Waals surface area contributed by atoms with Crippen molar-refractivity contribution in [3.63, 3.8) is 0 Å². The minimum Gasteiger partial charge on any atom is -0.399 e. The average Bonchev–Trinajstić information content (AvgIpc) is 2.27. The second kappa shape index (κ2) is 4.89. The Bertz CT molecular complexity index is 497. The molecule has 0 fully saturated rings. The van der Waals surface area contributed by atoms with Crippen molar-refractivity contribution in [2.45, 2.75) is 16.8 Å². The van der Waals surface area contributed by atoms with Crippen LogP contribution in [0.25, 0.3) is 0 Å². The molecule has 1 aromatic carbocycles. The number of aromatic nitrogens is 1. The maximum absolute atomic E-state index is 5.77. The van der Waals surface area contributed by atoms with Gasteiger partial charge in [-0.05, 0) is 58.7 Å². The van der Waals surface area contributed by atoms with Crippen LogP contribution in [0.3, 0.4) is 0 Å². The number of hydrogen-bond donors (Lipinski definition) is 1. The van der Waals surface area contributed by atoms with Crippen molar-refractivity contribution in [1.82, 2.24) is 4.98 Å². The van der Waals surface area contributed by atoms with E-state index < -0.39 is 0 Å². The second-order valence-electron chi connectivity index (χ2n) is 3.44. The minimum atomic E-state index is 0.827. The summed E-state index contributed by atoms with van der Waals surface area (Å²) in [6.07, 6.45) is 1.80. The molecule has 0 amide bonds. The molecule has 0 saturated heterocycles. The Kier molecular flexibility index (Phi) is 3.51. The van der Waals surface area contributed by atoms with Gasteiger partial charge in [0, 0.05) is 21.3 Å². The maximum atomic E-state index is 5.77. The van der Waals surface area contributed by atoms with Crippen LogP contribution >= 0.6 is 27.7 Å². The summed E-state index contributed by atoms with van der Waals surface area (Å²) in [5, 5.41) is 0.979. The van der Waals surface area contributed by atoms with E-state index in [-0.39, 0.29) is 0 Å². The second-order valence-corrected chi connectivity index (χ2v) is 5.44. The van der Waals surface area contributed by atoms with E-state index in [0.717, 1.165) is 25.6 Å². The largest absolute Gasteiger partial charge is 0.399 e. The molecular weight excluding hydrogens is 284 g/mol. The molecule has 0 radical (unpaired) electrons. The van der Waals surface area contributed by atoms with Crippen LogP contribution in [0.5, 0.6) is 0 Å². The number of nitrogens with two attached hydrogens (primary N) is 1. The zero-order chi connectivity index (χ0) is 11.5. The van der Waals surface area contributed by atoms with E-state index in [9.17, 15) is 0 Å². The minimum absolute atomic E-state index is 0.827. The number of nitrogens with zero attached hydrogens (tertiary/aromatic N) is 1. The highest BCUT2D eigenvalue weighted by molar-refractivity contribution is 9.10. The highest BCUT2D eigenvalue weighted by Crippen LogP contribution is 2.28. The number of anilines is 1. The van der Waals surface area contributed by atoms with Gasteiger partial charge in [-0.25, -0.2) is 4.98 Å². The lowest BCUT2D eigenvalue weighted by Crippen LogP contribution is -1.88. The van der Waals surface area contributed by atoms with Gasteiger partial charge >= 0.3 is 0 Å². The Hall–Kier alpha value is -1.00. The third-order valence-electron chi connectivity index (χ3n) is 2.16. The summed E-state index contributed by atoms with van der Waals surface area (Å²) < 4.78 is 0.991. The van der Waals surface area contributed by atoms with E-state index in [1.54, 1.807) is 18.0 Å². The molecule has 1 heterocycles. The van der Waals surface area contributed by atoms with Crippen LogP contribution in [0.15, 0.2) is 50.9 Å². The molecule has 2 nitrogen and oxygen atoms in total. The topological polar surface area (TPSA) is 38.9 Å². The van der Waals surface area contributed by atoms with E-state index in [1.807, 2.05) is 31.2 Å². The first-order valence-electron chi connectivity index (χ1n) is 4.81. The molecule has 2 aromatic rings. The Morgan fingerprint density at radius 3 is 2.69 bits per heavy atom. The first-order chi connectivity index (χ1) is 7.65. The molecule has 2 rings (SSSR count). The van der Waals surface area contributed by atoms with Gasteiger partial charge in [0.05, 0.1) is 0 Å². The number of nitrogen functional groups attached to an aromatic ring is 1. The van der Waals surface area contributed by atoms with Crippen molar-refractivity contribution in [1.29, 1.82) is 0 Å². The van der Waals surface area contributed by atoms with Crippen LogP contribution in [-0.4, -0.2) is 4.98 Å². The summed E-state index contributed by atoms with van der Waals surface area (Å²) in [5.74, 6) is 0. The summed E-state index contributed by atoms with van der Waals surface area (Å²) in [6.45, 7) is 2.01. The zero-order valence-corrected chi connectivity index (χ0v) is 11.2. The fraction of sp³-hybridized carbons (Fsp3) is 0.0833. The zero-order valence-electron chi connectivity index (χ0n) is 8.77. The molecular formula is C12H11BrN2S. The summed E-state index contributed by atoms with van der Waals surface area (Å²) in [7, 11) is 0. The van der Waals surface area contributed by atoms with Crippen LogP contribution in [0.2, 0.25) is 0 Å². The molecule has 0 aliphatic carbocycles. The molecule has 0 saturated carbocycles. The van der Waals surface area contributed by atoms with E-state index in [1.165, 1.54) is 0 Å². The lowest BCUT2D eigenvalue weighted by Gasteiger charge is -2.04. The monoisotopic (exact) mass is 294 g/mol. The van der Waals surface area contributed by atoms with Crippen molar-refractivity contribution in [2.75, 3.05) is 5.73 Å². The molecule has 2 N–H and O–H groups in total. The van der Waals surface area contributed by atoms with Gasteiger partial charge in [-0.1, -0.05) is 11.8 Å². The van der Waals surface area contributed by atoms with Crippen molar-refractivity contribution in [2.24, 2.45) is 0 Å². The highest BCUT2D eigenvalue weighted by atomic mass is 79.9. The summed E-state index contributed by atoms with van der Waals surface area (Å²) in [6, 6.07) is 9.98. The molecule has 0 bridgehead atoms. The third-order valence-corrected chi connectivity index (χ3v) is 3.57. The van der Waals surface area contributed by atoms with Gasteiger partial charge in [-0.15, -0.1) is 0 Å². The Labute approximate surface area is 107 Å². The average molecular weight is 295 g/mol. The predicted molar refractivity (Wildman–Crippen MR) is 71.7 cm³/mol. The Morgan fingerprint density at radius 1 is 1.25 bits per heavy atom. The lowest BCUT2D eigenvalue weighted by molar-refractivity contribution is 1.12. The number of aryl methyl sites for hydroxylation is 1. The standard InChI is InChI=1S/C12H11BrN2S/c1-8-6-10(3-4-11(8)14)16-12-5-2-9(13)7-15-12/h2-7H,14H2,1H3. The molecule has 0 aliphatic rings. The van der Waals surface area contributed by atoms with Crippen LogP contribution in [-0.2, 0) is 0 Å². The normalized spacial score (nSPS) is 10.4. The molecule has 0 atom stereocenters. The van der Waals surface area contributed by atoms with Crippen LogP contribution in [0.4, 0.5) is 5.69 Å². The van der Waals surface area contributed by atoms with Crippen LogP contribution in [0, 0.1) is 6.92 Å². The van der Waals surface area contributed by atoms with Gasteiger partial charge in [0.15, 0.2) is 0 Å². The summed E-state index contributed by atoms with van der Waals surface area (Å²) in [4.78, 5) is 5.46. The van der Waals surface area contributed by atoms with E-state index >= 15 is 0 Å². The molecule has 0 unspecified atom stereocenters. The Morgan fingerprint density at radius 2 is 2.06 bits per heavy atom. The number of pyridine rings is 1. The van der Waals surface area contributed by atoms with Crippen LogP contribution < -0.4 is 5.73 Å². The fourth-order valence-corrected chi connectivity index (χ4v) is 2.34. The number of halogens is 1. The maximum Gasteiger partial charge on any atom is 0.101 e. The molecule has 16 heavy (non-hydrogen) atoms. The van der Waals surface area contributed by atoms with Crippen molar-refractivity contribution >= 4 is 33.4 Å². The molecule has 4 heteroatoms. The first-order valence-corrected chi connectivity index (χ1v) is 6.41. The lowest BCUT2D eigenvalue weighted by atomic mass is 10.2. The van der Waals surface area contributed by atoms with E-state index in [2.05, 4.69) is 27.0 Å². The smallest absolute Gasteiger partial charge is 0.101 e. The molecule has 0 aliphatic heterocycles. The van der Waals surface area contributed by atoms with Gasteiger partial charge < -0.3 is 5.73 Å². The SMILES string of the molecule is Cc1cc(Sc2ccc(Br)cn2)ccc1N. The Balaban J connectivity index is 2.20. The fourth-order valence-electron chi connectivity index (χ4n) is 1.26. The van der Waals surface area contributed by atoms with E-state index in [4.69, 9.17) is 5.73 Å². The van der Waals surface area contributed by atoms with Crippen molar-refractivity contribution in [3.05, 3.63) is 46.6 Å². The van der Waals surface area contributed by atoms with Crippen molar-refractivity contribution < 1.29 is 0 Å². The molecule has 0 spiro atoms. The first kappa shape index (κ1) is 11.5. The highest BCUT2D eigenvalue weighted by Gasteiger charge is 2.00. The van der Waals surface area contributed by atoms with Gasteiger partial charge in [0.2, 0.25) is 0 Å². The quantitative estimate of drug-likeness (QED) is 0.854. The number of rotatable bonds is 2. The summed E-state index contributed by atoms with van der Waals surface area (Å²) in [5.41, 5.74) is 7.70. The van der Waals surface area contributed by atoms with Gasteiger partial charge in [0.1, 0.15) is 5.03 Å². The molecule has 1 aromatic heterocycles. The van der Waals surface area contributed by atoms with Gasteiger partial charge in [-0.2, -0.15) is 0 Å². The molecule has 82 valence electrons. The summed E-state index contributed by atoms with van der Waals surface area (Å²) >= 11 is 5.00. The predicted octanol–water partition coefficient (Wildman–Crippen LogP) is 3.89. The number of hydrogen-bond acceptors (Lipinski definition) is 3.